The zero-order valence-electron chi connectivity index (χ0n) is 12.6. The van der Waals surface area contributed by atoms with Crippen LogP contribution in [0.3, 0.4) is 0 Å². The molecule has 0 aliphatic heterocycles. The lowest BCUT2D eigenvalue weighted by atomic mass is 10.3. The molecule has 0 saturated heterocycles. The van der Waals surface area contributed by atoms with Gasteiger partial charge in [-0.15, -0.1) is 23.5 Å². The Kier molecular flexibility index (Phi) is 4.31. The van der Waals surface area contributed by atoms with E-state index in [1.54, 1.807) is 11.1 Å². The van der Waals surface area contributed by atoms with Crippen LogP contribution >= 0.6 is 23.5 Å². The minimum atomic E-state index is 0.868. The Bertz CT molecular complexity index is 601. The summed E-state index contributed by atoms with van der Waals surface area (Å²) in [5.74, 6) is 4.27. The van der Waals surface area contributed by atoms with Crippen molar-refractivity contribution in [2.45, 2.75) is 22.6 Å². The molecule has 0 bridgehead atoms. The Balaban J connectivity index is 1.24. The van der Waals surface area contributed by atoms with Crippen LogP contribution in [0.25, 0.3) is 0 Å². The summed E-state index contributed by atoms with van der Waals surface area (Å²) in [7, 11) is 0. The van der Waals surface area contributed by atoms with Crippen LogP contribution in [0.4, 0.5) is 0 Å². The van der Waals surface area contributed by atoms with Crippen molar-refractivity contribution in [1.82, 2.24) is 0 Å². The maximum Gasteiger partial charge on any atom is 0.00721 e. The van der Waals surface area contributed by atoms with Gasteiger partial charge < -0.3 is 0 Å². The monoisotopic (exact) mass is 324 g/mol. The van der Waals surface area contributed by atoms with Crippen LogP contribution in [0.1, 0.15) is 12.8 Å². The van der Waals surface area contributed by atoms with Crippen molar-refractivity contribution >= 4 is 23.5 Å². The molecule has 2 aromatic rings. The van der Waals surface area contributed by atoms with Gasteiger partial charge in [-0.1, -0.05) is 47.5 Å². The maximum absolute atomic E-state index is 2.22. The van der Waals surface area contributed by atoms with E-state index in [9.17, 15) is 0 Å². The number of hydrogen-bond acceptors (Lipinski definition) is 2. The average molecular weight is 325 g/mol. The molecule has 2 heteroatoms. The maximum atomic E-state index is 2.22. The van der Waals surface area contributed by atoms with Gasteiger partial charge in [0.05, 0.1) is 0 Å². The molecule has 2 atom stereocenters. The highest BCUT2D eigenvalue weighted by Crippen LogP contribution is 2.54. The zero-order chi connectivity index (χ0) is 14.8. The summed E-state index contributed by atoms with van der Waals surface area (Å²) in [6.45, 7) is 0. The van der Waals surface area contributed by atoms with Crippen LogP contribution in [0.5, 0.6) is 0 Å². The molecule has 0 amide bonds. The smallest absolute Gasteiger partial charge is 0.00721 e. The molecule has 2 fully saturated rings. The molecule has 2 saturated carbocycles. The second kappa shape index (κ2) is 6.55. The summed E-state index contributed by atoms with van der Waals surface area (Å²) < 4.78 is 0. The van der Waals surface area contributed by atoms with E-state index in [0.29, 0.717) is 0 Å². The van der Waals surface area contributed by atoms with Crippen LogP contribution < -0.4 is 0 Å². The molecule has 0 spiro atoms. The molecular formula is C20H20S2. The topological polar surface area (TPSA) is 0 Å². The molecule has 0 radical (unpaired) electrons. The van der Waals surface area contributed by atoms with Gasteiger partial charge in [0.2, 0.25) is 0 Å². The number of allylic oxidation sites excluding steroid dienone is 2. The van der Waals surface area contributed by atoms with Gasteiger partial charge in [0.15, 0.2) is 0 Å². The van der Waals surface area contributed by atoms with Crippen molar-refractivity contribution in [2.24, 2.45) is 11.8 Å². The normalized spacial score (nSPS) is 26.0. The number of rotatable bonds is 6. The van der Waals surface area contributed by atoms with E-state index in [0.717, 1.165) is 11.8 Å². The van der Waals surface area contributed by atoms with E-state index in [4.69, 9.17) is 0 Å². The van der Waals surface area contributed by atoms with Gasteiger partial charge in [-0.25, -0.2) is 0 Å². The van der Waals surface area contributed by atoms with Gasteiger partial charge in [-0.05, 0) is 48.9 Å². The Morgan fingerprint density at radius 2 is 1.05 bits per heavy atom. The van der Waals surface area contributed by atoms with Crippen LogP contribution in [0.2, 0.25) is 0 Å². The average Bonchev–Trinajstić information content (AvgIpc) is 3.47. The quantitative estimate of drug-likeness (QED) is 0.479. The number of hydrogen-bond donors (Lipinski definition) is 0. The summed E-state index contributed by atoms with van der Waals surface area (Å²) in [6, 6.07) is 21.6. The summed E-state index contributed by atoms with van der Waals surface area (Å²) in [4.78, 5) is 2.82. The lowest BCUT2D eigenvalue weighted by molar-refractivity contribution is 1.02. The van der Waals surface area contributed by atoms with Crippen LogP contribution in [-0.4, -0.2) is 11.5 Å². The zero-order valence-corrected chi connectivity index (χ0v) is 14.2. The first kappa shape index (κ1) is 14.5. The molecular weight excluding hydrogens is 304 g/mol. The van der Waals surface area contributed by atoms with Crippen molar-refractivity contribution in [3.05, 3.63) is 71.8 Å². The van der Waals surface area contributed by atoms with Gasteiger partial charge in [-0.2, -0.15) is 0 Å². The number of thioether (sulfide) groups is 2. The Morgan fingerprint density at radius 1 is 0.636 bits per heavy atom. The molecule has 112 valence electrons. The van der Waals surface area contributed by atoms with E-state index < -0.39 is 0 Å². The fourth-order valence-corrected chi connectivity index (χ4v) is 5.07. The highest BCUT2D eigenvalue weighted by atomic mass is 32.2. The molecule has 0 aromatic heterocycles. The number of benzene rings is 2. The van der Waals surface area contributed by atoms with Gasteiger partial charge in [0, 0.05) is 21.3 Å². The van der Waals surface area contributed by atoms with Crippen molar-refractivity contribution in [2.75, 3.05) is 11.5 Å². The molecule has 0 heterocycles. The Hall–Kier alpha value is -1.12. The lowest BCUT2D eigenvalue weighted by Gasteiger charge is -1.99. The second-order valence-electron chi connectivity index (χ2n) is 6.10. The largest absolute Gasteiger partial charge is 0.126 e. The predicted molar refractivity (Wildman–Crippen MR) is 97.6 cm³/mol. The van der Waals surface area contributed by atoms with Crippen LogP contribution in [-0.2, 0) is 0 Å². The van der Waals surface area contributed by atoms with E-state index in [1.165, 1.54) is 34.1 Å². The minimum Gasteiger partial charge on any atom is -0.126 e. The predicted octanol–water partition coefficient (Wildman–Crippen LogP) is 5.91. The van der Waals surface area contributed by atoms with Crippen LogP contribution in [0, 0.1) is 11.8 Å². The van der Waals surface area contributed by atoms with Crippen LogP contribution in [0.15, 0.2) is 81.6 Å². The summed E-state index contributed by atoms with van der Waals surface area (Å²) in [5.41, 5.74) is 3.59. The second-order valence-corrected chi connectivity index (χ2v) is 8.29. The van der Waals surface area contributed by atoms with E-state index in [-0.39, 0.29) is 0 Å². The van der Waals surface area contributed by atoms with Crippen molar-refractivity contribution in [3.63, 3.8) is 0 Å². The van der Waals surface area contributed by atoms with Gasteiger partial charge >= 0.3 is 0 Å². The van der Waals surface area contributed by atoms with Gasteiger partial charge in [0.25, 0.3) is 0 Å². The SMILES string of the molecule is c1ccc(SCC2CC2=C2CC2CSc2ccccc2)cc1. The highest BCUT2D eigenvalue weighted by Gasteiger charge is 2.41. The molecule has 0 nitrogen and oxygen atoms in total. The van der Waals surface area contributed by atoms with Crippen molar-refractivity contribution < 1.29 is 0 Å². The Labute approximate surface area is 141 Å². The third kappa shape index (κ3) is 3.61. The third-order valence-electron chi connectivity index (χ3n) is 4.40. The molecule has 2 aliphatic rings. The molecule has 4 rings (SSSR count). The summed E-state index contributed by atoms with van der Waals surface area (Å²) in [6.07, 6.45) is 2.73. The van der Waals surface area contributed by atoms with E-state index >= 15 is 0 Å². The molecule has 2 aliphatic carbocycles. The summed E-state index contributed by atoms with van der Waals surface area (Å²) in [5, 5.41) is 0. The summed E-state index contributed by atoms with van der Waals surface area (Å²) >= 11 is 4.02. The van der Waals surface area contributed by atoms with E-state index in [1.807, 2.05) is 23.5 Å². The minimum absolute atomic E-state index is 0.868. The molecule has 22 heavy (non-hydrogen) atoms. The first-order valence-electron chi connectivity index (χ1n) is 7.97. The highest BCUT2D eigenvalue weighted by molar-refractivity contribution is 7.99. The molecule has 2 unspecified atom stereocenters. The first-order chi connectivity index (χ1) is 10.9. The third-order valence-corrected chi connectivity index (χ3v) is 6.75. The Morgan fingerprint density at radius 3 is 1.45 bits per heavy atom. The first-order valence-corrected chi connectivity index (χ1v) is 9.95. The van der Waals surface area contributed by atoms with Crippen molar-refractivity contribution in [1.29, 1.82) is 0 Å². The molecule has 0 N–H and O–H groups in total. The fourth-order valence-electron chi connectivity index (χ4n) is 2.95. The van der Waals surface area contributed by atoms with E-state index in [2.05, 4.69) is 60.7 Å². The lowest BCUT2D eigenvalue weighted by Crippen LogP contribution is -1.83. The molecule has 2 aromatic carbocycles. The van der Waals surface area contributed by atoms with Gasteiger partial charge in [0.1, 0.15) is 0 Å². The van der Waals surface area contributed by atoms with Crippen molar-refractivity contribution in [3.8, 4) is 0 Å². The standard InChI is InChI=1S/C20H20S2/c1-3-7-17(8-4-1)21-13-15-11-19(15)20-12-16(20)14-22-18-9-5-2-6-10-18/h1-10,15-16H,11-14H2. The fraction of sp³-hybridized carbons (Fsp3) is 0.300. The van der Waals surface area contributed by atoms with Gasteiger partial charge in [-0.3, -0.25) is 0 Å².